The fourth-order valence-electron chi connectivity index (χ4n) is 4.58. The highest BCUT2D eigenvalue weighted by Crippen LogP contribution is 2.67. The maximum Gasteiger partial charge on any atom is 0.497 e. The van der Waals surface area contributed by atoms with Gasteiger partial charge in [0.1, 0.15) is 11.5 Å². The van der Waals surface area contributed by atoms with Crippen molar-refractivity contribution in [3.63, 3.8) is 0 Å². The van der Waals surface area contributed by atoms with Crippen LogP contribution in [0.15, 0.2) is 67.7 Å². The number of hydrogen-bond acceptors (Lipinski definition) is 5. The smallest absolute Gasteiger partial charge is 0.407 e. The molecule has 1 heterocycles. The lowest BCUT2D eigenvalue weighted by Crippen LogP contribution is -2.20. The molecular weight excluding hydrogens is 631 g/mol. The van der Waals surface area contributed by atoms with Gasteiger partial charge in [-0.25, -0.2) is 4.57 Å². The number of fused-ring (bicyclic) bond motifs is 2. The van der Waals surface area contributed by atoms with Crippen LogP contribution < -0.4 is 9.05 Å². The average molecular weight is 676 g/mol. The molecule has 0 unspecified atom stereocenters. The number of hydrogen-bond donors (Lipinski definition) is 0. The predicted molar refractivity (Wildman–Crippen MR) is 181 cm³/mol. The van der Waals surface area contributed by atoms with E-state index in [0.717, 1.165) is 41.7 Å². The monoisotopic (exact) mass is 674 g/mol. The van der Waals surface area contributed by atoms with Crippen LogP contribution in [0.3, 0.4) is 0 Å². The summed E-state index contributed by atoms with van der Waals surface area (Å²) in [6.45, 7) is 22.7. The summed E-state index contributed by atoms with van der Waals surface area (Å²) in [7, 11) is 0. The molecule has 3 aromatic carbocycles. The van der Waals surface area contributed by atoms with Crippen molar-refractivity contribution in [3.8, 4) is 11.5 Å². The second kappa shape index (κ2) is 11.0. The molecule has 0 saturated carbocycles. The van der Waals surface area contributed by atoms with Crippen LogP contribution >= 0.6 is 45.9 Å². The third-order valence-corrected chi connectivity index (χ3v) is 11.9. The van der Waals surface area contributed by atoms with E-state index in [1.165, 1.54) is 11.1 Å². The summed E-state index contributed by atoms with van der Waals surface area (Å²) in [5.41, 5.74) is 3.85. The van der Waals surface area contributed by atoms with E-state index in [1.807, 2.05) is 24.3 Å². The van der Waals surface area contributed by atoms with Crippen LogP contribution in [0.25, 0.3) is 0 Å². The van der Waals surface area contributed by atoms with Gasteiger partial charge in [0.05, 0.1) is 9.79 Å². The first kappa shape index (κ1) is 32.6. The van der Waals surface area contributed by atoms with Crippen LogP contribution in [0.5, 0.6) is 11.5 Å². The lowest BCUT2D eigenvalue weighted by molar-refractivity contribution is 0.385. The van der Waals surface area contributed by atoms with Gasteiger partial charge in [0.25, 0.3) is 0 Å². The van der Waals surface area contributed by atoms with Crippen LogP contribution in [0.2, 0.25) is 0 Å². The fourth-order valence-corrected chi connectivity index (χ4v) is 9.66. The molecule has 0 amide bonds. The van der Waals surface area contributed by atoms with E-state index in [9.17, 15) is 0 Å². The Labute approximate surface area is 264 Å². The largest absolute Gasteiger partial charge is 0.497 e. The van der Waals surface area contributed by atoms with Gasteiger partial charge in [0, 0.05) is 31.9 Å². The van der Waals surface area contributed by atoms with Crippen molar-refractivity contribution in [2.45, 2.75) is 119 Å². The summed E-state index contributed by atoms with van der Waals surface area (Å²) in [5, 5.41) is 0. The molecule has 0 fully saturated rings. The topological polar surface area (TPSA) is 35.5 Å². The van der Waals surface area contributed by atoms with E-state index in [0.29, 0.717) is 11.5 Å². The minimum Gasteiger partial charge on any atom is -0.407 e. The summed E-state index contributed by atoms with van der Waals surface area (Å²) in [6, 6.07) is 16.7. The molecular formula is C34H44BrO3PS2. The first-order valence-corrected chi connectivity index (χ1v) is 18.6. The Kier molecular flexibility index (Phi) is 8.73. The zero-order valence-corrected chi connectivity index (χ0v) is 30.6. The van der Waals surface area contributed by atoms with E-state index in [-0.39, 0.29) is 21.7 Å². The Morgan fingerprint density at radius 3 is 1.46 bits per heavy atom. The third-order valence-electron chi connectivity index (χ3n) is 7.10. The minimum atomic E-state index is -3.81. The first-order valence-electron chi connectivity index (χ1n) is 14.1. The summed E-state index contributed by atoms with van der Waals surface area (Å²) < 4.78 is 29.3. The summed E-state index contributed by atoms with van der Waals surface area (Å²) in [4.78, 5) is 2.74. The van der Waals surface area contributed by atoms with Crippen molar-refractivity contribution in [1.29, 1.82) is 0 Å². The Bertz CT molecular complexity index is 1430. The van der Waals surface area contributed by atoms with E-state index in [2.05, 4.69) is 123 Å². The molecule has 1 aliphatic rings. The molecule has 0 N–H and O–H groups in total. The van der Waals surface area contributed by atoms with Gasteiger partial charge in [-0.1, -0.05) is 129 Å². The molecule has 222 valence electrons. The Morgan fingerprint density at radius 2 is 1.10 bits per heavy atom. The van der Waals surface area contributed by atoms with Gasteiger partial charge in [-0.3, -0.25) is 0 Å². The highest BCUT2D eigenvalue weighted by Gasteiger charge is 2.40. The Hall–Kier alpha value is -1.33. The zero-order valence-electron chi connectivity index (χ0n) is 26.5. The van der Waals surface area contributed by atoms with Gasteiger partial charge in [0.15, 0.2) is 0 Å². The van der Waals surface area contributed by atoms with E-state index in [4.69, 9.17) is 9.05 Å². The van der Waals surface area contributed by atoms with Gasteiger partial charge in [0.2, 0.25) is 0 Å². The van der Waals surface area contributed by atoms with Crippen molar-refractivity contribution < 1.29 is 13.6 Å². The average Bonchev–Trinajstić information content (AvgIpc) is 2.76. The van der Waals surface area contributed by atoms with Crippen molar-refractivity contribution in [2.24, 2.45) is 0 Å². The van der Waals surface area contributed by atoms with Crippen LogP contribution in [-0.2, 0) is 26.2 Å². The molecule has 0 bridgehead atoms. The highest BCUT2D eigenvalue weighted by atomic mass is 79.9. The maximum absolute atomic E-state index is 15.0. The molecule has 0 spiro atoms. The van der Waals surface area contributed by atoms with E-state index >= 15 is 4.57 Å². The van der Waals surface area contributed by atoms with Crippen molar-refractivity contribution in [1.82, 2.24) is 0 Å². The number of benzene rings is 3. The first-order chi connectivity index (χ1) is 18.6. The quantitative estimate of drug-likeness (QED) is 0.253. The number of rotatable bonds is 2. The van der Waals surface area contributed by atoms with Crippen LogP contribution in [0.1, 0.15) is 105 Å². The molecule has 3 aromatic rings. The maximum atomic E-state index is 15.0. The second-order valence-corrected chi connectivity index (χ2v) is 20.8. The predicted octanol–water partition coefficient (Wildman–Crippen LogP) is 12.5. The molecule has 0 aliphatic carbocycles. The zero-order chi connectivity index (χ0) is 30.8. The van der Waals surface area contributed by atoms with Gasteiger partial charge < -0.3 is 9.05 Å². The SMILES string of the molecule is CC(C)(C)c1cc2c(c(C(C)(C)C)c1)OP(=O)(Sc1cccc(Br)c1)Oc1c(cc(C(C)(C)C)cc1C(C)(C)C)S2. The van der Waals surface area contributed by atoms with Crippen LogP contribution in [0.4, 0.5) is 0 Å². The Morgan fingerprint density at radius 1 is 0.659 bits per heavy atom. The van der Waals surface area contributed by atoms with Crippen molar-refractivity contribution >= 4 is 45.9 Å². The normalized spacial score (nSPS) is 15.6. The molecule has 3 nitrogen and oxygen atoms in total. The van der Waals surface area contributed by atoms with Crippen molar-refractivity contribution in [2.75, 3.05) is 0 Å². The summed E-state index contributed by atoms with van der Waals surface area (Å²) >= 11 is 6.38. The number of halogens is 1. The lowest BCUT2D eigenvalue weighted by Gasteiger charge is -2.34. The van der Waals surface area contributed by atoms with Crippen LogP contribution in [-0.4, -0.2) is 0 Å². The third kappa shape index (κ3) is 7.43. The second-order valence-electron chi connectivity index (χ2n) is 15.0. The molecule has 0 radical (unpaired) electrons. The van der Waals surface area contributed by atoms with E-state index in [1.54, 1.807) is 11.8 Å². The van der Waals surface area contributed by atoms with Gasteiger partial charge in [-0.05, 0) is 63.1 Å². The van der Waals surface area contributed by atoms with Gasteiger partial charge >= 0.3 is 6.80 Å². The van der Waals surface area contributed by atoms with Crippen molar-refractivity contribution in [3.05, 3.63) is 75.3 Å². The van der Waals surface area contributed by atoms with Crippen LogP contribution in [0, 0.1) is 0 Å². The molecule has 0 saturated heterocycles. The standard InChI is InChI=1S/C34H44BrO3PS2/c1-31(2,3)21-16-25(33(7,8)9)29-27(18-21)40-28-19-22(32(4,5)6)17-26(34(10,11)12)30(28)38-39(36,37-29)41-24-15-13-14-23(35)20-24/h13-20H,1-12H3. The van der Waals surface area contributed by atoms with Gasteiger partial charge in [-0.15, -0.1) is 0 Å². The molecule has 0 aromatic heterocycles. The molecule has 4 rings (SSSR count). The summed E-state index contributed by atoms with van der Waals surface area (Å²) in [6.07, 6.45) is 0. The molecule has 0 atom stereocenters. The highest BCUT2D eigenvalue weighted by molar-refractivity contribution is 9.10. The lowest BCUT2D eigenvalue weighted by atomic mass is 9.80. The fraction of sp³-hybridized carbons (Fsp3) is 0.471. The molecule has 1 aliphatic heterocycles. The molecule has 41 heavy (non-hydrogen) atoms. The summed E-state index contributed by atoms with van der Waals surface area (Å²) in [5.74, 6) is 1.29. The van der Waals surface area contributed by atoms with E-state index < -0.39 is 6.80 Å². The van der Waals surface area contributed by atoms with Gasteiger partial charge in [-0.2, -0.15) is 0 Å². The Balaban J connectivity index is 2.09. The minimum absolute atomic E-state index is 0.0735. The molecule has 7 heteroatoms.